The van der Waals surface area contributed by atoms with E-state index in [1.165, 1.54) is 16.7 Å². The summed E-state index contributed by atoms with van der Waals surface area (Å²) in [6, 6.07) is 20.7. The number of benzene rings is 3. The van der Waals surface area contributed by atoms with Crippen LogP contribution < -0.4 is 14.4 Å². The molecule has 0 N–H and O–H groups in total. The van der Waals surface area contributed by atoms with Crippen LogP contribution in [0.3, 0.4) is 0 Å². The second-order valence-corrected chi connectivity index (χ2v) is 8.74. The van der Waals surface area contributed by atoms with Gasteiger partial charge in [0.15, 0.2) is 4.32 Å². The largest absolute Gasteiger partial charge is 0.497 e. The van der Waals surface area contributed by atoms with Crippen LogP contribution in [-0.2, 0) is 4.79 Å². The van der Waals surface area contributed by atoms with Gasteiger partial charge in [-0.3, -0.25) is 9.69 Å². The summed E-state index contributed by atoms with van der Waals surface area (Å²) < 4.78 is 11.0. The minimum atomic E-state index is -0.536. The molecule has 0 saturated carbocycles. The van der Waals surface area contributed by atoms with E-state index in [1.54, 1.807) is 55.7 Å². The van der Waals surface area contributed by atoms with Crippen molar-refractivity contribution in [2.75, 3.05) is 12.0 Å². The van der Waals surface area contributed by atoms with Crippen molar-refractivity contribution < 1.29 is 19.1 Å². The predicted octanol–water partition coefficient (Wildman–Crippen LogP) is 5.97. The number of thiocarbonyl (C=S) groups is 1. The number of carbonyl (C=O) groups excluding carboxylic acids is 2. The molecule has 8 heteroatoms. The fourth-order valence-corrected chi connectivity index (χ4v) is 4.52. The molecule has 3 aromatic carbocycles. The van der Waals surface area contributed by atoms with E-state index in [1.807, 2.05) is 30.3 Å². The van der Waals surface area contributed by atoms with Crippen LogP contribution in [0.15, 0.2) is 77.7 Å². The van der Waals surface area contributed by atoms with E-state index in [2.05, 4.69) is 0 Å². The lowest BCUT2D eigenvalue weighted by molar-refractivity contribution is -0.113. The molecule has 0 spiro atoms. The van der Waals surface area contributed by atoms with Crippen LogP contribution in [0.1, 0.15) is 15.9 Å². The summed E-state index contributed by atoms with van der Waals surface area (Å²) in [5, 5.41) is 0.249. The zero-order chi connectivity index (χ0) is 22.7. The molecule has 1 aliphatic rings. The van der Waals surface area contributed by atoms with E-state index in [-0.39, 0.29) is 16.7 Å². The average molecular weight is 482 g/mol. The summed E-state index contributed by atoms with van der Waals surface area (Å²) in [7, 11) is 1.55. The molecule has 0 bridgehead atoms. The van der Waals surface area contributed by atoms with E-state index < -0.39 is 5.97 Å². The number of rotatable bonds is 5. The first-order valence-electron chi connectivity index (χ1n) is 9.45. The average Bonchev–Trinajstić information content (AvgIpc) is 3.08. The maximum Gasteiger partial charge on any atom is 0.343 e. The van der Waals surface area contributed by atoms with Gasteiger partial charge in [0.2, 0.25) is 0 Å². The lowest BCUT2D eigenvalue weighted by Crippen LogP contribution is -2.27. The number of thioether (sulfide) groups is 1. The van der Waals surface area contributed by atoms with E-state index in [0.29, 0.717) is 26.1 Å². The molecule has 3 aromatic rings. The number of nitrogens with zero attached hydrogens (tertiary/aromatic N) is 1. The second-order valence-electron chi connectivity index (χ2n) is 6.66. The van der Waals surface area contributed by atoms with E-state index in [0.717, 1.165) is 5.69 Å². The predicted molar refractivity (Wildman–Crippen MR) is 131 cm³/mol. The Balaban J connectivity index is 1.50. The highest BCUT2D eigenvalue weighted by Gasteiger charge is 2.33. The number of methoxy groups -OCH3 is 1. The first-order chi connectivity index (χ1) is 15.5. The molecule has 1 heterocycles. The van der Waals surface area contributed by atoms with Crippen molar-refractivity contribution in [2.45, 2.75) is 0 Å². The van der Waals surface area contributed by atoms with Gasteiger partial charge in [-0.05, 0) is 60.2 Å². The molecule has 0 unspecified atom stereocenters. The van der Waals surface area contributed by atoms with Crippen molar-refractivity contribution in [2.24, 2.45) is 0 Å². The molecule has 4 rings (SSSR count). The lowest BCUT2D eigenvalue weighted by atomic mass is 10.2. The third-order valence-electron chi connectivity index (χ3n) is 4.59. The Labute approximate surface area is 199 Å². The van der Waals surface area contributed by atoms with Gasteiger partial charge < -0.3 is 9.47 Å². The number of hydrogen-bond acceptors (Lipinski definition) is 6. The molecule has 0 atom stereocenters. The maximum atomic E-state index is 12.9. The Bertz CT molecular complexity index is 1230. The number of hydrogen-bond donors (Lipinski definition) is 0. The van der Waals surface area contributed by atoms with Gasteiger partial charge in [-0.25, -0.2) is 4.79 Å². The number of para-hydroxylation sites is 1. The maximum absolute atomic E-state index is 12.9. The quantitative estimate of drug-likeness (QED) is 0.193. The first kappa shape index (κ1) is 22.1. The molecule has 1 saturated heterocycles. The van der Waals surface area contributed by atoms with Gasteiger partial charge in [-0.15, -0.1) is 0 Å². The number of esters is 1. The molecule has 1 fully saturated rings. The summed E-state index contributed by atoms with van der Waals surface area (Å²) in [5.74, 6) is 0.131. The molecule has 5 nitrogen and oxygen atoms in total. The van der Waals surface area contributed by atoms with Crippen molar-refractivity contribution in [3.05, 3.63) is 93.9 Å². The van der Waals surface area contributed by atoms with Gasteiger partial charge in [-0.2, -0.15) is 0 Å². The van der Waals surface area contributed by atoms with Crippen molar-refractivity contribution >= 4 is 63.5 Å². The second kappa shape index (κ2) is 9.56. The molecular formula is C24H16ClNO4S2. The van der Waals surface area contributed by atoms with Crippen molar-refractivity contribution in [1.29, 1.82) is 0 Å². The van der Waals surface area contributed by atoms with Crippen LogP contribution in [0, 0.1) is 0 Å². The summed E-state index contributed by atoms with van der Waals surface area (Å²) in [4.78, 5) is 27.2. The highest BCUT2D eigenvalue weighted by molar-refractivity contribution is 8.27. The highest BCUT2D eigenvalue weighted by Crippen LogP contribution is 2.36. The zero-order valence-electron chi connectivity index (χ0n) is 16.8. The number of amides is 1. The van der Waals surface area contributed by atoms with Crippen molar-refractivity contribution in [3.63, 3.8) is 0 Å². The van der Waals surface area contributed by atoms with E-state index in [9.17, 15) is 9.59 Å². The standard InChI is InChI=1S/C24H16ClNO4S2/c1-29-18-10-8-16(9-11-18)23(28)30-20-12-7-15(13-19(20)25)14-21-22(27)26(24(31)32-21)17-5-3-2-4-6-17/h2-14H,1H3/b21-14-. The molecule has 1 aliphatic heterocycles. The topological polar surface area (TPSA) is 55.8 Å². The molecule has 0 aromatic heterocycles. The molecule has 0 radical (unpaired) electrons. The Morgan fingerprint density at radius 3 is 2.44 bits per heavy atom. The van der Waals surface area contributed by atoms with Gasteiger partial charge in [0, 0.05) is 0 Å². The SMILES string of the molecule is COc1ccc(C(=O)Oc2ccc(/C=C3\SC(=S)N(c4ccccc4)C3=O)cc2Cl)cc1. The molecule has 32 heavy (non-hydrogen) atoms. The van der Waals surface area contributed by atoms with Crippen LogP contribution in [0.2, 0.25) is 5.02 Å². The Morgan fingerprint density at radius 2 is 1.78 bits per heavy atom. The normalized spacial score (nSPS) is 14.7. The number of halogens is 1. The molecule has 1 amide bonds. The fourth-order valence-electron chi connectivity index (χ4n) is 2.99. The van der Waals surface area contributed by atoms with Crippen LogP contribution >= 0.6 is 35.6 Å². The first-order valence-corrected chi connectivity index (χ1v) is 11.1. The smallest absolute Gasteiger partial charge is 0.343 e. The summed E-state index contributed by atoms with van der Waals surface area (Å²) in [5.41, 5.74) is 1.78. The summed E-state index contributed by atoms with van der Waals surface area (Å²) >= 11 is 12.9. The van der Waals surface area contributed by atoms with E-state index in [4.69, 9.17) is 33.3 Å². The minimum absolute atomic E-state index is 0.197. The monoisotopic (exact) mass is 481 g/mol. The summed E-state index contributed by atoms with van der Waals surface area (Å²) in [6.07, 6.45) is 1.71. The van der Waals surface area contributed by atoms with Crippen LogP contribution in [0.5, 0.6) is 11.5 Å². The fraction of sp³-hybridized carbons (Fsp3) is 0.0417. The third kappa shape index (κ3) is 4.70. The van der Waals surface area contributed by atoms with Crippen molar-refractivity contribution in [3.8, 4) is 11.5 Å². The lowest BCUT2D eigenvalue weighted by Gasteiger charge is -2.13. The summed E-state index contributed by atoms with van der Waals surface area (Å²) in [6.45, 7) is 0. The van der Waals surface area contributed by atoms with Crippen LogP contribution in [-0.4, -0.2) is 23.3 Å². The van der Waals surface area contributed by atoms with Gasteiger partial charge in [0.1, 0.15) is 11.5 Å². The third-order valence-corrected chi connectivity index (χ3v) is 6.19. The minimum Gasteiger partial charge on any atom is -0.497 e. The highest BCUT2D eigenvalue weighted by atomic mass is 35.5. The Hall–Kier alpha value is -3.13. The molecule has 0 aliphatic carbocycles. The van der Waals surface area contributed by atoms with Gasteiger partial charge in [0.25, 0.3) is 5.91 Å². The van der Waals surface area contributed by atoms with Crippen LogP contribution in [0.25, 0.3) is 6.08 Å². The Morgan fingerprint density at radius 1 is 1.06 bits per heavy atom. The molecule has 160 valence electrons. The molecular weight excluding hydrogens is 466 g/mol. The van der Waals surface area contributed by atoms with E-state index >= 15 is 0 Å². The van der Waals surface area contributed by atoms with Crippen LogP contribution in [0.4, 0.5) is 5.69 Å². The number of anilines is 1. The Kier molecular flexibility index (Phi) is 6.60. The van der Waals surface area contributed by atoms with Gasteiger partial charge in [-0.1, -0.05) is 59.8 Å². The van der Waals surface area contributed by atoms with Crippen molar-refractivity contribution in [1.82, 2.24) is 0 Å². The van der Waals surface area contributed by atoms with Gasteiger partial charge in [0.05, 0.1) is 28.3 Å². The van der Waals surface area contributed by atoms with Gasteiger partial charge >= 0.3 is 5.97 Å². The number of carbonyl (C=O) groups is 2. The number of ether oxygens (including phenoxy) is 2. The zero-order valence-corrected chi connectivity index (χ0v) is 19.2.